The summed E-state index contributed by atoms with van der Waals surface area (Å²) in [6, 6.07) is 2.13. The van der Waals surface area contributed by atoms with E-state index < -0.39 is 0 Å². The summed E-state index contributed by atoms with van der Waals surface area (Å²) in [6.07, 6.45) is 5.85. The molecule has 2 aliphatic rings. The zero-order valence-electron chi connectivity index (χ0n) is 11.7. The van der Waals surface area contributed by atoms with Crippen molar-refractivity contribution in [2.75, 3.05) is 49.6 Å². The van der Waals surface area contributed by atoms with E-state index in [1.54, 1.807) is 6.33 Å². The Hall–Kier alpha value is -1.36. The third-order valence-corrected chi connectivity index (χ3v) is 4.23. The van der Waals surface area contributed by atoms with Gasteiger partial charge in [0.15, 0.2) is 0 Å². The van der Waals surface area contributed by atoms with Crippen LogP contribution in [0.4, 0.5) is 11.6 Å². The highest BCUT2D eigenvalue weighted by Crippen LogP contribution is 2.28. The van der Waals surface area contributed by atoms with Gasteiger partial charge in [-0.15, -0.1) is 0 Å². The lowest BCUT2D eigenvalue weighted by Gasteiger charge is -2.32. The van der Waals surface area contributed by atoms with Gasteiger partial charge in [-0.2, -0.15) is 0 Å². The Morgan fingerprint density at radius 1 is 1.32 bits per heavy atom. The van der Waals surface area contributed by atoms with E-state index in [0.29, 0.717) is 0 Å². The second kappa shape index (κ2) is 5.74. The highest BCUT2D eigenvalue weighted by Gasteiger charge is 2.20. The summed E-state index contributed by atoms with van der Waals surface area (Å²) in [4.78, 5) is 13.4. The first-order valence-corrected chi connectivity index (χ1v) is 7.32. The zero-order chi connectivity index (χ0) is 13.1. The molecule has 1 saturated heterocycles. The minimum absolute atomic E-state index is 0.864. The summed E-state index contributed by atoms with van der Waals surface area (Å²) in [7, 11) is 2.14. The van der Waals surface area contributed by atoms with Crippen LogP contribution in [-0.4, -0.2) is 49.7 Å². The first kappa shape index (κ1) is 12.7. The van der Waals surface area contributed by atoms with E-state index in [1.807, 2.05) is 0 Å². The topological polar surface area (TPSA) is 44.3 Å². The van der Waals surface area contributed by atoms with Crippen molar-refractivity contribution in [3.8, 4) is 0 Å². The number of nitrogens with zero attached hydrogens (tertiary/aromatic N) is 4. The Morgan fingerprint density at radius 3 is 2.79 bits per heavy atom. The van der Waals surface area contributed by atoms with Crippen molar-refractivity contribution in [1.82, 2.24) is 15.3 Å². The summed E-state index contributed by atoms with van der Waals surface area (Å²) in [5.74, 6) is 2.98. The molecule has 5 nitrogen and oxygen atoms in total. The van der Waals surface area contributed by atoms with Crippen LogP contribution in [0.5, 0.6) is 0 Å². The molecule has 1 aliphatic carbocycles. The molecule has 0 bridgehead atoms. The van der Waals surface area contributed by atoms with Gasteiger partial charge in [-0.05, 0) is 18.8 Å². The number of anilines is 2. The monoisotopic (exact) mass is 261 g/mol. The highest BCUT2D eigenvalue weighted by molar-refractivity contribution is 5.50. The van der Waals surface area contributed by atoms with Gasteiger partial charge in [-0.1, -0.05) is 6.42 Å². The average molecular weight is 261 g/mol. The fourth-order valence-corrected chi connectivity index (χ4v) is 2.77. The van der Waals surface area contributed by atoms with Crippen LogP contribution in [0.3, 0.4) is 0 Å². The molecular weight excluding hydrogens is 238 g/mol. The zero-order valence-corrected chi connectivity index (χ0v) is 11.7. The second-order valence-electron chi connectivity index (χ2n) is 5.65. The Labute approximate surface area is 115 Å². The molecule has 0 spiro atoms. The highest BCUT2D eigenvalue weighted by atomic mass is 15.2. The van der Waals surface area contributed by atoms with Crippen molar-refractivity contribution in [2.45, 2.75) is 19.3 Å². The third-order valence-electron chi connectivity index (χ3n) is 4.23. The predicted octanol–water partition coefficient (Wildman–Crippen LogP) is 1.12. The summed E-state index contributed by atoms with van der Waals surface area (Å²) >= 11 is 0. The maximum atomic E-state index is 4.42. The predicted molar refractivity (Wildman–Crippen MR) is 77.7 cm³/mol. The molecule has 0 radical (unpaired) electrons. The van der Waals surface area contributed by atoms with E-state index in [1.165, 1.54) is 19.3 Å². The van der Waals surface area contributed by atoms with E-state index in [-0.39, 0.29) is 0 Å². The molecule has 19 heavy (non-hydrogen) atoms. The number of piperazine rings is 1. The van der Waals surface area contributed by atoms with Gasteiger partial charge in [-0.3, -0.25) is 0 Å². The van der Waals surface area contributed by atoms with Gasteiger partial charge < -0.3 is 15.1 Å². The fraction of sp³-hybridized carbons (Fsp3) is 0.714. The standard InChI is InChI=1S/C14H23N5/c1-18(10-12-3-2-4-12)13-9-14(17-11-16-13)19-7-5-15-6-8-19/h9,11-12,15H,2-8,10H2,1H3. The van der Waals surface area contributed by atoms with Crippen LogP contribution < -0.4 is 15.1 Å². The summed E-state index contributed by atoms with van der Waals surface area (Å²) in [6.45, 7) is 5.26. The summed E-state index contributed by atoms with van der Waals surface area (Å²) in [5, 5.41) is 3.37. The Bertz CT molecular complexity index is 412. The Kier molecular flexibility index (Phi) is 3.82. The van der Waals surface area contributed by atoms with Crippen LogP contribution >= 0.6 is 0 Å². The number of hydrogen-bond acceptors (Lipinski definition) is 5. The van der Waals surface area contributed by atoms with Crippen LogP contribution in [-0.2, 0) is 0 Å². The van der Waals surface area contributed by atoms with Crippen LogP contribution in [0.1, 0.15) is 19.3 Å². The van der Waals surface area contributed by atoms with Crippen molar-refractivity contribution >= 4 is 11.6 Å². The fourth-order valence-electron chi connectivity index (χ4n) is 2.77. The quantitative estimate of drug-likeness (QED) is 0.880. The molecule has 1 saturated carbocycles. The molecule has 1 N–H and O–H groups in total. The lowest BCUT2D eigenvalue weighted by atomic mass is 9.85. The van der Waals surface area contributed by atoms with Gasteiger partial charge in [0, 0.05) is 45.8 Å². The van der Waals surface area contributed by atoms with E-state index in [2.05, 4.69) is 38.2 Å². The van der Waals surface area contributed by atoms with Crippen LogP contribution in [0.25, 0.3) is 0 Å². The maximum absolute atomic E-state index is 4.42. The Balaban J connectivity index is 1.67. The molecule has 2 fully saturated rings. The van der Waals surface area contributed by atoms with Gasteiger partial charge in [0.2, 0.25) is 0 Å². The van der Waals surface area contributed by atoms with E-state index in [9.17, 15) is 0 Å². The van der Waals surface area contributed by atoms with Gasteiger partial charge in [0.25, 0.3) is 0 Å². The third kappa shape index (κ3) is 2.97. The van der Waals surface area contributed by atoms with Gasteiger partial charge >= 0.3 is 0 Å². The molecule has 104 valence electrons. The molecule has 0 amide bonds. The number of rotatable bonds is 4. The van der Waals surface area contributed by atoms with E-state index >= 15 is 0 Å². The van der Waals surface area contributed by atoms with E-state index in [0.717, 1.165) is 50.3 Å². The number of hydrogen-bond donors (Lipinski definition) is 1. The van der Waals surface area contributed by atoms with Crippen LogP contribution in [0, 0.1) is 5.92 Å². The molecule has 1 aromatic heterocycles. The molecule has 2 heterocycles. The first-order valence-electron chi connectivity index (χ1n) is 7.32. The van der Waals surface area contributed by atoms with Crippen molar-refractivity contribution in [2.24, 2.45) is 5.92 Å². The first-order chi connectivity index (χ1) is 9.33. The molecule has 3 rings (SSSR count). The molecule has 1 aromatic rings. The maximum Gasteiger partial charge on any atom is 0.134 e. The van der Waals surface area contributed by atoms with Crippen molar-refractivity contribution in [3.05, 3.63) is 12.4 Å². The summed E-state index contributed by atoms with van der Waals surface area (Å²) in [5.41, 5.74) is 0. The van der Waals surface area contributed by atoms with Crippen molar-refractivity contribution in [3.63, 3.8) is 0 Å². The number of nitrogens with one attached hydrogen (secondary N) is 1. The average Bonchev–Trinajstić information content (AvgIpc) is 2.44. The van der Waals surface area contributed by atoms with Gasteiger partial charge in [0.1, 0.15) is 18.0 Å². The Morgan fingerprint density at radius 2 is 2.11 bits per heavy atom. The van der Waals surface area contributed by atoms with Gasteiger partial charge in [-0.25, -0.2) is 9.97 Å². The smallest absolute Gasteiger partial charge is 0.134 e. The molecule has 0 atom stereocenters. The normalized spacial score (nSPS) is 20.2. The lowest BCUT2D eigenvalue weighted by molar-refractivity contribution is 0.321. The lowest BCUT2D eigenvalue weighted by Crippen LogP contribution is -2.44. The molecule has 5 heteroatoms. The number of aromatic nitrogens is 2. The molecule has 0 unspecified atom stereocenters. The summed E-state index contributed by atoms with van der Waals surface area (Å²) < 4.78 is 0. The molecule has 1 aliphatic heterocycles. The second-order valence-corrected chi connectivity index (χ2v) is 5.65. The van der Waals surface area contributed by atoms with Crippen LogP contribution in [0.2, 0.25) is 0 Å². The van der Waals surface area contributed by atoms with Crippen molar-refractivity contribution in [1.29, 1.82) is 0 Å². The van der Waals surface area contributed by atoms with E-state index in [4.69, 9.17) is 0 Å². The minimum atomic E-state index is 0.864. The van der Waals surface area contributed by atoms with Crippen molar-refractivity contribution < 1.29 is 0 Å². The van der Waals surface area contributed by atoms with Gasteiger partial charge in [0.05, 0.1) is 0 Å². The SMILES string of the molecule is CN(CC1CCC1)c1cc(N2CCNCC2)ncn1. The van der Waals surface area contributed by atoms with Crippen LogP contribution in [0.15, 0.2) is 12.4 Å². The minimum Gasteiger partial charge on any atom is -0.359 e. The largest absolute Gasteiger partial charge is 0.359 e. The molecule has 0 aromatic carbocycles. The molecular formula is C14H23N5.